The SMILES string of the molecule is CC(=O)COCCOCCN1C(=O)C(C)CC2OC21. The van der Waals surface area contributed by atoms with Crippen LogP contribution in [-0.2, 0) is 23.8 Å². The monoisotopic (exact) mass is 271 g/mol. The Morgan fingerprint density at radius 3 is 2.84 bits per heavy atom. The van der Waals surface area contributed by atoms with Crippen molar-refractivity contribution in [2.24, 2.45) is 5.92 Å². The molecule has 2 fully saturated rings. The molecule has 0 radical (unpaired) electrons. The number of rotatable bonds is 8. The molecule has 0 N–H and O–H groups in total. The van der Waals surface area contributed by atoms with E-state index < -0.39 is 0 Å². The fraction of sp³-hybridized carbons (Fsp3) is 0.846. The molecule has 0 saturated carbocycles. The van der Waals surface area contributed by atoms with Crippen molar-refractivity contribution in [3.05, 3.63) is 0 Å². The molecule has 2 saturated heterocycles. The van der Waals surface area contributed by atoms with Crippen molar-refractivity contribution in [3.63, 3.8) is 0 Å². The third kappa shape index (κ3) is 3.99. The maximum Gasteiger partial charge on any atom is 0.227 e. The first-order valence-corrected chi connectivity index (χ1v) is 6.70. The van der Waals surface area contributed by atoms with Crippen LogP contribution in [0, 0.1) is 5.92 Å². The van der Waals surface area contributed by atoms with Gasteiger partial charge in [-0.25, -0.2) is 0 Å². The van der Waals surface area contributed by atoms with Gasteiger partial charge in [-0.3, -0.25) is 9.59 Å². The second kappa shape index (κ2) is 6.45. The van der Waals surface area contributed by atoms with Gasteiger partial charge >= 0.3 is 0 Å². The number of epoxide rings is 1. The van der Waals surface area contributed by atoms with E-state index in [9.17, 15) is 9.59 Å². The van der Waals surface area contributed by atoms with Crippen molar-refractivity contribution < 1.29 is 23.8 Å². The molecule has 2 rings (SSSR count). The maximum absolute atomic E-state index is 11.9. The number of likely N-dealkylation sites (tertiary alicyclic amines) is 1. The standard InChI is InChI=1S/C13H21NO5/c1-9-7-11-13(19-11)14(12(9)16)3-4-17-5-6-18-8-10(2)15/h9,11,13H,3-8H2,1-2H3. The summed E-state index contributed by atoms with van der Waals surface area (Å²) >= 11 is 0. The minimum absolute atomic E-state index is 0.00447. The molecular formula is C13H21NO5. The molecule has 0 bridgehead atoms. The number of hydrogen-bond acceptors (Lipinski definition) is 5. The Morgan fingerprint density at radius 2 is 2.11 bits per heavy atom. The highest BCUT2D eigenvalue weighted by atomic mass is 16.6. The Bertz CT molecular complexity index is 346. The third-order valence-electron chi connectivity index (χ3n) is 3.31. The quantitative estimate of drug-likeness (QED) is 0.466. The molecule has 2 aliphatic heterocycles. The van der Waals surface area contributed by atoms with Crippen LogP contribution in [0.5, 0.6) is 0 Å². The number of Topliss-reactive ketones (excluding diaryl/α,β-unsaturated/α-hetero) is 1. The first-order valence-electron chi connectivity index (χ1n) is 6.70. The Labute approximate surface area is 113 Å². The Morgan fingerprint density at radius 1 is 1.37 bits per heavy atom. The van der Waals surface area contributed by atoms with Crippen molar-refractivity contribution in [1.29, 1.82) is 0 Å². The van der Waals surface area contributed by atoms with Crippen LogP contribution in [0.25, 0.3) is 0 Å². The fourth-order valence-corrected chi connectivity index (χ4v) is 2.27. The van der Waals surface area contributed by atoms with Gasteiger partial charge in [0, 0.05) is 12.5 Å². The lowest BCUT2D eigenvalue weighted by molar-refractivity contribution is -0.139. The Kier molecular flexibility index (Phi) is 4.90. The van der Waals surface area contributed by atoms with Crippen LogP contribution in [0.2, 0.25) is 0 Å². The number of hydrogen-bond donors (Lipinski definition) is 0. The molecular weight excluding hydrogens is 250 g/mol. The molecule has 1 amide bonds. The molecule has 6 nitrogen and oxygen atoms in total. The van der Waals surface area contributed by atoms with Gasteiger partial charge in [-0.1, -0.05) is 6.92 Å². The Hall–Kier alpha value is -0.980. The molecule has 108 valence electrons. The lowest BCUT2D eigenvalue weighted by Crippen LogP contribution is -2.44. The summed E-state index contributed by atoms with van der Waals surface area (Å²) in [4.78, 5) is 24.3. The zero-order valence-electron chi connectivity index (χ0n) is 11.5. The van der Waals surface area contributed by atoms with E-state index >= 15 is 0 Å². The highest BCUT2D eigenvalue weighted by Crippen LogP contribution is 2.37. The smallest absolute Gasteiger partial charge is 0.227 e. The van der Waals surface area contributed by atoms with Crippen molar-refractivity contribution in [2.75, 3.05) is 33.0 Å². The number of fused-ring (bicyclic) bond motifs is 1. The zero-order valence-corrected chi connectivity index (χ0v) is 11.5. The van der Waals surface area contributed by atoms with E-state index in [0.717, 1.165) is 6.42 Å². The molecule has 0 aromatic rings. The van der Waals surface area contributed by atoms with Crippen LogP contribution in [0.4, 0.5) is 0 Å². The van der Waals surface area contributed by atoms with E-state index in [2.05, 4.69) is 0 Å². The molecule has 0 aromatic carbocycles. The summed E-state index contributed by atoms with van der Waals surface area (Å²) < 4.78 is 15.9. The van der Waals surface area contributed by atoms with Crippen LogP contribution < -0.4 is 0 Å². The van der Waals surface area contributed by atoms with Gasteiger partial charge in [0.05, 0.1) is 19.8 Å². The lowest BCUT2D eigenvalue weighted by atomic mass is 9.99. The lowest BCUT2D eigenvalue weighted by Gasteiger charge is -2.27. The first kappa shape index (κ1) is 14.4. The van der Waals surface area contributed by atoms with Crippen molar-refractivity contribution in [3.8, 4) is 0 Å². The minimum Gasteiger partial charge on any atom is -0.377 e. The van der Waals surface area contributed by atoms with Gasteiger partial charge in [0.15, 0.2) is 12.0 Å². The van der Waals surface area contributed by atoms with Crippen molar-refractivity contribution in [2.45, 2.75) is 32.6 Å². The molecule has 2 aliphatic rings. The summed E-state index contributed by atoms with van der Waals surface area (Å²) in [7, 11) is 0. The summed E-state index contributed by atoms with van der Waals surface area (Å²) in [5.74, 6) is 0.197. The fourth-order valence-electron chi connectivity index (χ4n) is 2.27. The van der Waals surface area contributed by atoms with E-state index in [-0.39, 0.29) is 36.5 Å². The van der Waals surface area contributed by atoms with Gasteiger partial charge in [0.2, 0.25) is 5.91 Å². The summed E-state index contributed by atoms with van der Waals surface area (Å²) in [6.45, 7) is 5.39. The second-order valence-electron chi connectivity index (χ2n) is 5.10. The van der Waals surface area contributed by atoms with Crippen LogP contribution in [0.1, 0.15) is 20.3 Å². The third-order valence-corrected chi connectivity index (χ3v) is 3.31. The van der Waals surface area contributed by atoms with Gasteiger partial charge in [-0.2, -0.15) is 0 Å². The van der Waals surface area contributed by atoms with Gasteiger partial charge < -0.3 is 19.1 Å². The van der Waals surface area contributed by atoms with Gasteiger partial charge in [-0.15, -0.1) is 0 Å². The minimum atomic E-state index is -0.0266. The van der Waals surface area contributed by atoms with Gasteiger partial charge in [0.25, 0.3) is 0 Å². The normalized spacial score (nSPS) is 29.3. The molecule has 3 unspecified atom stereocenters. The predicted molar refractivity (Wildman–Crippen MR) is 66.5 cm³/mol. The maximum atomic E-state index is 11.9. The second-order valence-corrected chi connectivity index (χ2v) is 5.10. The van der Waals surface area contributed by atoms with Crippen LogP contribution in [0.15, 0.2) is 0 Å². The predicted octanol–water partition coefficient (Wildman–Crippen LogP) is 0.202. The number of ether oxygens (including phenoxy) is 3. The van der Waals surface area contributed by atoms with Crippen LogP contribution >= 0.6 is 0 Å². The molecule has 2 heterocycles. The molecule has 19 heavy (non-hydrogen) atoms. The van der Waals surface area contributed by atoms with Crippen molar-refractivity contribution >= 4 is 11.7 Å². The van der Waals surface area contributed by atoms with E-state index in [1.807, 2.05) is 6.92 Å². The molecule has 6 heteroatoms. The number of carbonyl (C=O) groups excluding carboxylic acids is 2. The van der Waals surface area contributed by atoms with Gasteiger partial charge in [0.1, 0.15) is 12.7 Å². The van der Waals surface area contributed by atoms with E-state index in [4.69, 9.17) is 14.2 Å². The topological polar surface area (TPSA) is 68.4 Å². The zero-order chi connectivity index (χ0) is 13.8. The highest BCUT2D eigenvalue weighted by molar-refractivity contribution is 5.80. The summed E-state index contributed by atoms with van der Waals surface area (Å²) in [6, 6.07) is 0. The first-order chi connectivity index (χ1) is 9.09. The molecule has 0 aromatic heterocycles. The number of ketones is 1. The van der Waals surface area contributed by atoms with Crippen LogP contribution in [0.3, 0.4) is 0 Å². The van der Waals surface area contributed by atoms with Gasteiger partial charge in [-0.05, 0) is 13.3 Å². The average Bonchev–Trinajstić information content (AvgIpc) is 3.10. The van der Waals surface area contributed by atoms with E-state index in [1.54, 1.807) is 4.90 Å². The van der Waals surface area contributed by atoms with E-state index in [1.165, 1.54) is 6.92 Å². The number of piperidine rings is 1. The molecule has 0 aliphatic carbocycles. The Balaban J connectivity index is 1.56. The van der Waals surface area contributed by atoms with E-state index in [0.29, 0.717) is 26.4 Å². The number of nitrogens with zero attached hydrogens (tertiary/aromatic N) is 1. The molecule has 3 atom stereocenters. The molecule has 0 spiro atoms. The highest BCUT2D eigenvalue weighted by Gasteiger charge is 2.51. The average molecular weight is 271 g/mol. The summed E-state index contributed by atoms with van der Waals surface area (Å²) in [5, 5.41) is 0. The number of amides is 1. The van der Waals surface area contributed by atoms with Crippen molar-refractivity contribution in [1.82, 2.24) is 4.90 Å². The summed E-state index contributed by atoms with van der Waals surface area (Å²) in [6.07, 6.45) is 1.03. The number of carbonyl (C=O) groups is 2. The largest absolute Gasteiger partial charge is 0.377 e. The summed E-state index contributed by atoms with van der Waals surface area (Å²) in [5.41, 5.74) is 0. The van der Waals surface area contributed by atoms with Crippen LogP contribution in [-0.4, -0.2) is 61.9 Å².